The average Bonchev–Trinajstić information content (AvgIpc) is 3.53. The van der Waals surface area contributed by atoms with Crippen molar-refractivity contribution in [1.82, 2.24) is 9.80 Å². The molecule has 2 amide bonds. The molecule has 0 spiro atoms. The molecule has 1 aliphatic rings. The molecule has 1 atom stereocenters. The third-order valence-electron chi connectivity index (χ3n) is 5.75. The van der Waals surface area contributed by atoms with Gasteiger partial charge in [0.05, 0.1) is 18.9 Å². The molecular weight excluding hydrogens is 440 g/mol. The van der Waals surface area contributed by atoms with E-state index in [4.69, 9.17) is 13.9 Å². The summed E-state index contributed by atoms with van der Waals surface area (Å²) in [6.45, 7) is 3.54. The summed E-state index contributed by atoms with van der Waals surface area (Å²) in [5.74, 6) is 0.522. The van der Waals surface area contributed by atoms with Crippen molar-refractivity contribution in [1.29, 1.82) is 0 Å². The minimum absolute atomic E-state index is 0.0522. The highest BCUT2D eigenvalue weighted by Crippen LogP contribution is 2.34. The summed E-state index contributed by atoms with van der Waals surface area (Å²) in [6, 6.07) is 13.0. The molecular formula is C25H28N2O5S. The lowest BCUT2D eigenvalue weighted by molar-refractivity contribution is -0.135. The van der Waals surface area contributed by atoms with Gasteiger partial charge in [-0.05, 0) is 54.6 Å². The fourth-order valence-electron chi connectivity index (χ4n) is 3.95. The lowest BCUT2D eigenvalue weighted by Crippen LogP contribution is -2.48. The monoisotopic (exact) mass is 468 g/mol. The summed E-state index contributed by atoms with van der Waals surface area (Å²) in [4.78, 5) is 30.9. The van der Waals surface area contributed by atoms with Gasteiger partial charge in [-0.2, -0.15) is 0 Å². The van der Waals surface area contributed by atoms with E-state index in [1.165, 1.54) is 16.0 Å². The fourth-order valence-corrected chi connectivity index (χ4v) is 4.88. The Balaban J connectivity index is 1.50. The number of nitrogens with zero attached hydrogens (tertiary/aromatic N) is 2. The van der Waals surface area contributed by atoms with E-state index in [0.717, 1.165) is 23.3 Å². The highest BCUT2D eigenvalue weighted by molar-refractivity contribution is 7.10. The molecule has 0 aliphatic carbocycles. The zero-order valence-electron chi connectivity index (χ0n) is 18.9. The number of rotatable bonds is 9. The van der Waals surface area contributed by atoms with Crippen LogP contribution in [-0.4, -0.2) is 61.6 Å². The van der Waals surface area contributed by atoms with Crippen molar-refractivity contribution in [3.8, 4) is 5.75 Å². The second kappa shape index (κ2) is 10.7. The van der Waals surface area contributed by atoms with Gasteiger partial charge in [0.2, 0.25) is 5.91 Å². The first-order valence-electron chi connectivity index (χ1n) is 10.9. The maximum Gasteiger partial charge on any atom is 0.290 e. The summed E-state index contributed by atoms with van der Waals surface area (Å²) in [7, 11) is 1.57. The molecule has 7 nitrogen and oxygen atoms in total. The zero-order valence-corrected chi connectivity index (χ0v) is 19.7. The van der Waals surface area contributed by atoms with Crippen LogP contribution in [0.25, 0.3) is 0 Å². The molecule has 0 unspecified atom stereocenters. The topological polar surface area (TPSA) is 72.2 Å². The predicted octanol–water partition coefficient (Wildman–Crippen LogP) is 3.94. The van der Waals surface area contributed by atoms with E-state index in [-0.39, 0.29) is 30.2 Å². The van der Waals surface area contributed by atoms with Crippen molar-refractivity contribution >= 4 is 23.2 Å². The molecule has 3 aromatic rings. The van der Waals surface area contributed by atoms with Crippen LogP contribution in [0.15, 0.2) is 58.5 Å². The average molecular weight is 469 g/mol. The van der Waals surface area contributed by atoms with Gasteiger partial charge in [-0.15, -0.1) is 11.3 Å². The Morgan fingerprint density at radius 2 is 2.03 bits per heavy atom. The van der Waals surface area contributed by atoms with E-state index in [1.807, 2.05) is 36.1 Å². The fraction of sp³-hybridized carbons (Fsp3) is 0.360. The van der Waals surface area contributed by atoms with Crippen LogP contribution >= 0.6 is 11.3 Å². The predicted molar refractivity (Wildman–Crippen MR) is 126 cm³/mol. The molecule has 1 aromatic carbocycles. The molecule has 0 bridgehead atoms. The Kier molecular flexibility index (Phi) is 7.47. The van der Waals surface area contributed by atoms with Crippen LogP contribution in [0.5, 0.6) is 5.75 Å². The molecule has 0 fully saturated rings. The van der Waals surface area contributed by atoms with Gasteiger partial charge in [0.1, 0.15) is 18.9 Å². The first kappa shape index (κ1) is 23.1. The summed E-state index contributed by atoms with van der Waals surface area (Å²) < 4.78 is 16.5. The van der Waals surface area contributed by atoms with Crippen molar-refractivity contribution < 1.29 is 23.5 Å². The Labute approximate surface area is 197 Å². The molecule has 8 heteroatoms. The smallest absolute Gasteiger partial charge is 0.290 e. The van der Waals surface area contributed by atoms with Crippen molar-refractivity contribution in [3.63, 3.8) is 0 Å². The van der Waals surface area contributed by atoms with Crippen LogP contribution in [0.1, 0.15) is 32.6 Å². The lowest BCUT2D eigenvalue weighted by Gasteiger charge is -2.37. The Morgan fingerprint density at radius 3 is 2.76 bits per heavy atom. The van der Waals surface area contributed by atoms with Crippen LogP contribution in [0.2, 0.25) is 0 Å². The summed E-state index contributed by atoms with van der Waals surface area (Å²) in [6.07, 6.45) is 2.24. The molecule has 1 aliphatic heterocycles. The van der Waals surface area contributed by atoms with E-state index in [0.29, 0.717) is 26.3 Å². The van der Waals surface area contributed by atoms with E-state index in [9.17, 15) is 9.59 Å². The van der Waals surface area contributed by atoms with Gasteiger partial charge >= 0.3 is 0 Å². The number of carbonyl (C=O) groups excluding carboxylic acids is 2. The maximum atomic E-state index is 13.5. The molecule has 4 rings (SSSR count). The van der Waals surface area contributed by atoms with Gasteiger partial charge in [0, 0.05) is 25.1 Å². The minimum Gasteiger partial charge on any atom is -0.491 e. The van der Waals surface area contributed by atoms with E-state index in [1.54, 1.807) is 30.6 Å². The molecule has 3 heterocycles. The molecule has 0 N–H and O–H groups in total. The Hall–Kier alpha value is -3.10. The van der Waals surface area contributed by atoms with Gasteiger partial charge in [0.25, 0.3) is 5.91 Å². The number of amides is 2. The number of ether oxygens (including phenoxy) is 2. The van der Waals surface area contributed by atoms with Crippen molar-refractivity contribution in [2.45, 2.75) is 19.4 Å². The van der Waals surface area contributed by atoms with Crippen LogP contribution in [0.3, 0.4) is 0 Å². The summed E-state index contributed by atoms with van der Waals surface area (Å²) >= 11 is 1.71. The first-order chi connectivity index (χ1) is 16.1. The third-order valence-corrected chi connectivity index (χ3v) is 6.75. The van der Waals surface area contributed by atoms with Crippen molar-refractivity contribution in [2.75, 3.05) is 40.0 Å². The van der Waals surface area contributed by atoms with Gasteiger partial charge in [-0.1, -0.05) is 17.7 Å². The SMILES string of the molecule is COCCN(CC(=O)N1CCc2sccc2[C@@H]1COc1ccc(C)cc1)C(=O)c1ccco1. The molecule has 2 aromatic heterocycles. The Morgan fingerprint density at radius 1 is 1.21 bits per heavy atom. The van der Waals surface area contributed by atoms with Crippen molar-refractivity contribution in [3.05, 3.63) is 75.9 Å². The number of benzene rings is 1. The number of methoxy groups -OCH3 is 1. The van der Waals surface area contributed by atoms with Crippen molar-refractivity contribution in [2.24, 2.45) is 0 Å². The number of fused-ring (bicyclic) bond motifs is 1. The van der Waals surface area contributed by atoms with Crippen LogP contribution in [0, 0.1) is 6.92 Å². The summed E-state index contributed by atoms with van der Waals surface area (Å²) in [5.41, 5.74) is 2.28. The standard InChI is InChI=1S/C25H28N2O5S/c1-18-5-7-19(8-6-18)32-17-21-20-10-15-33-23(20)9-11-27(21)24(28)16-26(12-14-30-2)25(29)22-4-3-13-31-22/h3-8,10,13,15,21H,9,11-12,14,16-17H2,1-2H3/t21-/m0/s1. The number of aryl methyl sites for hydroxylation is 1. The second-order valence-corrected chi connectivity index (χ2v) is 8.97. The quantitative estimate of drug-likeness (QED) is 0.476. The minimum atomic E-state index is -0.328. The van der Waals surface area contributed by atoms with Gasteiger partial charge in [-0.3, -0.25) is 9.59 Å². The Bertz CT molecular complexity index is 1060. The number of furan rings is 1. The number of carbonyl (C=O) groups is 2. The molecule has 0 saturated heterocycles. The summed E-state index contributed by atoms with van der Waals surface area (Å²) in [5, 5.41) is 2.06. The number of thiophene rings is 1. The molecule has 0 radical (unpaired) electrons. The van der Waals surface area contributed by atoms with E-state index < -0.39 is 0 Å². The van der Waals surface area contributed by atoms with Gasteiger partial charge < -0.3 is 23.7 Å². The van der Waals surface area contributed by atoms with Crippen LogP contribution in [-0.2, 0) is 16.0 Å². The largest absolute Gasteiger partial charge is 0.491 e. The molecule has 33 heavy (non-hydrogen) atoms. The van der Waals surface area contributed by atoms with E-state index in [2.05, 4.69) is 11.4 Å². The highest BCUT2D eigenvalue weighted by Gasteiger charge is 2.34. The highest BCUT2D eigenvalue weighted by atomic mass is 32.1. The van der Waals surface area contributed by atoms with Crippen LogP contribution in [0.4, 0.5) is 0 Å². The lowest BCUT2D eigenvalue weighted by atomic mass is 10.0. The van der Waals surface area contributed by atoms with Gasteiger partial charge in [0.15, 0.2) is 5.76 Å². The van der Waals surface area contributed by atoms with Gasteiger partial charge in [-0.25, -0.2) is 0 Å². The number of hydrogen-bond acceptors (Lipinski definition) is 6. The second-order valence-electron chi connectivity index (χ2n) is 7.97. The maximum absolute atomic E-state index is 13.5. The van der Waals surface area contributed by atoms with Crippen LogP contribution < -0.4 is 4.74 Å². The number of hydrogen-bond donors (Lipinski definition) is 0. The zero-order chi connectivity index (χ0) is 23.2. The third kappa shape index (κ3) is 5.46. The first-order valence-corrected chi connectivity index (χ1v) is 11.8. The van der Waals surface area contributed by atoms with E-state index >= 15 is 0 Å². The normalized spacial score (nSPS) is 15.2. The molecule has 0 saturated carbocycles. The molecule has 174 valence electrons.